The summed E-state index contributed by atoms with van der Waals surface area (Å²) in [5.41, 5.74) is 0.139. The second-order valence-corrected chi connectivity index (χ2v) is 7.37. The average molecular weight is 347 g/mol. The molecule has 6 nitrogen and oxygen atoms in total. The minimum Gasteiger partial charge on any atom is -0.465 e. The van der Waals surface area contributed by atoms with Gasteiger partial charge in [0.15, 0.2) is 0 Å². The number of esters is 1. The molecule has 0 saturated carbocycles. The summed E-state index contributed by atoms with van der Waals surface area (Å²) in [6.07, 6.45) is 2.05. The van der Waals surface area contributed by atoms with Gasteiger partial charge in [-0.15, -0.1) is 0 Å². The lowest BCUT2D eigenvalue weighted by Crippen LogP contribution is -2.38. The van der Waals surface area contributed by atoms with Crippen LogP contribution in [0.4, 0.5) is 0 Å². The SMILES string of the molecule is COC(=O)c1ccc(S(=O)(=O)NCC2CCCNC2)cc1Cl. The van der Waals surface area contributed by atoms with Crippen LogP contribution in [0.25, 0.3) is 0 Å². The normalized spacial score (nSPS) is 18.9. The number of rotatable bonds is 5. The van der Waals surface area contributed by atoms with Crippen molar-refractivity contribution in [2.45, 2.75) is 17.7 Å². The average Bonchev–Trinajstić information content (AvgIpc) is 2.53. The van der Waals surface area contributed by atoms with Crippen LogP contribution in [0.3, 0.4) is 0 Å². The van der Waals surface area contributed by atoms with E-state index >= 15 is 0 Å². The molecule has 0 spiro atoms. The Morgan fingerprint density at radius 1 is 1.50 bits per heavy atom. The highest BCUT2D eigenvalue weighted by Crippen LogP contribution is 2.22. The topological polar surface area (TPSA) is 84.5 Å². The summed E-state index contributed by atoms with van der Waals surface area (Å²) < 4.78 is 31.7. The first-order valence-electron chi connectivity index (χ1n) is 7.02. The van der Waals surface area contributed by atoms with Crippen molar-refractivity contribution in [3.05, 3.63) is 28.8 Å². The van der Waals surface area contributed by atoms with Gasteiger partial charge >= 0.3 is 5.97 Å². The molecule has 22 heavy (non-hydrogen) atoms. The van der Waals surface area contributed by atoms with Gasteiger partial charge in [0, 0.05) is 6.54 Å². The third-order valence-corrected chi connectivity index (χ3v) is 5.35. The third kappa shape index (κ3) is 4.19. The molecule has 0 amide bonds. The Hall–Kier alpha value is -1.15. The first-order valence-corrected chi connectivity index (χ1v) is 8.88. The van der Waals surface area contributed by atoms with Gasteiger partial charge in [-0.05, 0) is 50.0 Å². The van der Waals surface area contributed by atoms with E-state index in [1.165, 1.54) is 25.3 Å². The maximum atomic E-state index is 12.3. The van der Waals surface area contributed by atoms with Crippen molar-refractivity contribution in [1.29, 1.82) is 0 Å². The lowest BCUT2D eigenvalue weighted by Gasteiger charge is -2.22. The van der Waals surface area contributed by atoms with Gasteiger partial charge in [-0.1, -0.05) is 11.6 Å². The van der Waals surface area contributed by atoms with Crippen LogP contribution in [0.15, 0.2) is 23.1 Å². The Bertz CT molecular complexity index is 642. The molecular weight excluding hydrogens is 328 g/mol. The van der Waals surface area contributed by atoms with Gasteiger partial charge in [0.25, 0.3) is 0 Å². The molecule has 0 aromatic heterocycles. The highest BCUT2D eigenvalue weighted by Gasteiger charge is 2.20. The zero-order chi connectivity index (χ0) is 16.2. The number of ether oxygens (including phenoxy) is 1. The quantitative estimate of drug-likeness (QED) is 0.787. The molecule has 0 radical (unpaired) electrons. The fraction of sp³-hybridized carbons (Fsp3) is 0.500. The minimum atomic E-state index is -3.65. The van der Waals surface area contributed by atoms with Crippen LogP contribution >= 0.6 is 11.6 Å². The fourth-order valence-electron chi connectivity index (χ4n) is 2.35. The fourth-order valence-corrected chi connectivity index (χ4v) is 3.81. The summed E-state index contributed by atoms with van der Waals surface area (Å²) in [5, 5.41) is 3.29. The Labute approximate surface area is 135 Å². The molecule has 1 fully saturated rings. The molecule has 2 rings (SSSR count). The van der Waals surface area contributed by atoms with Crippen molar-refractivity contribution in [2.24, 2.45) is 5.92 Å². The van der Waals surface area contributed by atoms with Gasteiger partial charge in [-0.2, -0.15) is 0 Å². The highest BCUT2D eigenvalue weighted by atomic mass is 35.5. The molecule has 1 aliphatic rings. The molecule has 122 valence electrons. The van der Waals surface area contributed by atoms with Gasteiger partial charge in [-0.3, -0.25) is 0 Å². The number of carbonyl (C=O) groups is 1. The van der Waals surface area contributed by atoms with Crippen LogP contribution < -0.4 is 10.0 Å². The van der Waals surface area contributed by atoms with Gasteiger partial charge in [0.1, 0.15) is 0 Å². The molecular formula is C14H19ClN2O4S. The Balaban J connectivity index is 2.08. The van der Waals surface area contributed by atoms with E-state index in [1.54, 1.807) is 0 Å². The van der Waals surface area contributed by atoms with Crippen LogP contribution in [0.1, 0.15) is 23.2 Å². The smallest absolute Gasteiger partial charge is 0.339 e. The predicted molar refractivity (Wildman–Crippen MR) is 83.6 cm³/mol. The van der Waals surface area contributed by atoms with Gasteiger partial charge in [0.2, 0.25) is 10.0 Å². The molecule has 1 aromatic carbocycles. The molecule has 1 aromatic rings. The van der Waals surface area contributed by atoms with Crippen LogP contribution in [-0.4, -0.2) is 41.1 Å². The van der Waals surface area contributed by atoms with Crippen LogP contribution in [0, 0.1) is 5.92 Å². The van der Waals surface area contributed by atoms with Crippen molar-refractivity contribution < 1.29 is 17.9 Å². The molecule has 1 atom stereocenters. The molecule has 0 bridgehead atoms. The maximum absolute atomic E-state index is 12.3. The lowest BCUT2D eigenvalue weighted by molar-refractivity contribution is 0.0601. The first kappa shape index (κ1) is 17.2. The van der Waals surface area contributed by atoms with Crippen molar-refractivity contribution in [3.8, 4) is 0 Å². The number of sulfonamides is 1. The van der Waals surface area contributed by atoms with Gasteiger partial charge < -0.3 is 10.1 Å². The maximum Gasteiger partial charge on any atom is 0.339 e. The van der Waals surface area contributed by atoms with Crippen molar-refractivity contribution >= 4 is 27.6 Å². The third-order valence-electron chi connectivity index (χ3n) is 3.62. The summed E-state index contributed by atoms with van der Waals surface area (Å²) in [6.45, 7) is 2.17. The van der Waals surface area contributed by atoms with Crippen molar-refractivity contribution in [2.75, 3.05) is 26.7 Å². The van der Waals surface area contributed by atoms with E-state index in [1.807, 2.05) is 0 Å². The Kier molecular flexibility index (Phi) is 5.80. The van der Waals surface area contributed by atoms with Crippen LogP contribution in [0.5, 0.6) is 0 Å². The zero-order valence-corrected chi connectivity index (χ0v) is 13.8. The van der Waals surface area contributed by atoms with E-state index in [0.29, 0.717) is 6.54 Å². The number of hydrogen-bond donors (Lipinski definition) is 2. The van der Waals surface area contributed by atoms with Crippen LogP contribution in [0.2, 0.25) is 5.02 Å². The molecule has 1 aliphatic heterocycles. The number of piperidine rings is 1. The molecule has 1 saturated heterocycles. The summed E-state index contributed by atoms with van der Waals surface area (Å²) >= 11 is 5.95. The van der Waals surface area contributed by atoms with Gasteiger partial charge in [-0.25, -0.2) is 17.9 Å². The van der Waals surface area contributed by atoms with E-state index in [0.717, 1.165) is 25.9 Å². The number of benzene rings is 1. The van der Waals surface area contributed by atoms with E-state index in [-0.39, 0.29) is 21.4 Å². The highest BCUT2D eigenvalue weighted by molar-refractivity contribution is 7.89. The molecule has 0 aliphatic carbocycles. The number of halogens is 1. The van der Waals surface area contributed by atoms with E-state index in [9.17, 15) is 13.2 Å². The molecule has 2 N–H and O–H groups in total. The Morgan fingerprint density at radius 2 is 2.27 bits per heavy atom. The minimum absolute atomic E-state index is 0.0360. The zero-order valence-electron chi connectivity index (χ0n) is 12.3. The number of carbonyl (C=O) groups excluding carboxylic acids is 1. The van der Waals surface area contributed by atoms with E-state index < -0.39 is 16.0 Å². The molecule has 8 heteroatoms. The van der Waals surface area contributed by atoms with Gasteiger partial charge in [0.05, 0.1) is 22.6 Å². The van der Waals surface area contributed by atoms with E-state index in [4.69, 9.17) is 11.6 Å². The first-order chi connectivity index (χ1) is 10.4. The second-order valence-electron chi connectivity index (χ2n) is 5.20. The summed E-state index contributed by atoms with van der Waals surface area (Å²) in [7, 11) is -2.41. The summed E-state index contributed by atoms with van der Waals surface area (Å²) in [6, 6.07) is 3.96. The van der Waals surface area contributed by atoms with Crippen LogP contribution in [-0.2, 0) is 14.8 Å². The van der Waals surface area contributed by atoms with E-state index in [2.05, 4.69) is 14.8 Å². The van der Waals surface area contributed by atoms with Crippen molar-refractivity contribution in [1.82, 2.24) is 10.0 Å². The molecule has 1 unspecified atom stereocenters. The number of nitrogens with one attached hydrogen (secondary N) is 2. The monoisotopic (exact) mass is 346 g/mol. The molecule has 1 heterocycles. The summed E-state index contributed by atoms with van der Waals surface area (Å²) in [4.78, 5) is 11.5. The standard InChI is InChI=1S/C14H19ClN2O4S/c1-21-14(18)12-5-4-11(7-13(12)15)22(19,20)17-9-10-3-2-6-16-8-10/h4-5,7,10,16-17H,2-3,6,8-9H2,1H3. The number of methoxy groups -OCH3 is 1. The largest absolute Gasteiger partial charge is 0.465 e. The summed E-state index contributed by atoms with van der Waals surface area (Å²) in [5.74, 6) is -0.316. The lowest BCUT2D eigenvalue weighted by atomic mass is 10.0. The number of hydrogen-bond acceptors (Lipinski definition) is 5. The Morgan fingerprint density at radius 3 is 2.86 bits per heavy atom. The second kappa shape index (κ2) is 7.41. The predicted octanol–water partition coefficient (Wildman–Crippen LogP) is 1.40. The van der Waals surface area contributed by atoms with Crippen molar-refractivity contribution in [3.63, 3.8) is 0 Å².